The van der Waals surface area contributed by atoms with Crippen molar-refractivity contribution in [3.05, 3.63) is 83.8 Å². The van der Waals surface area contributed by atoms with Crippen molar-refractivity contribution in [1.29, 1.82) is 0 Å². The first-order valence-corrected chi connectivity index (χ1v) is 10.6. The van der Waals surface area contributed by atoms with Gasteiger partial charge in [-0.25, -0.2) is 10.4 Å². The van der Waals surface area contributed by atoms with Crippen molar-refractivity contribution in [2.75, 3.05) is 5.75 Å². The highest BCUT2D eigenvalue weighted by atomic mass is 32.2. The molecule has 4 aromatic rings. The van der Waals surface area contributed by atoms with Crippen molar-refractivity contribution in [3.63, 3.8) is 0 Å². The van der Waals surface area contributed by atoms with Crippen LogP contribution in [0.5, 0.6) is 0 Å². The van der Waals surface area contributed by atoms with E-state index in [2.05, 4.69) is 52.3 Å². The molecule has 0 saturated carbocycles. The summed E-state index contributed by atoms with van der Waals surface area (Å²) in [6.07, 6.45) is 1.57. The van der Waals surface area contributed by atoms with E-state index in [1.165, 1.54) is 22.9 Å². The van der Waals surface area contributed by atoms with Gasteiger partial charge in [0.1, 0.15) is 11.5 Å². The fourth-order valence-corrected chi connectivity index (χ4v) is 3.85. The summed E-state index contributed by atoms with van der Waals surface area (Å²) in [7, 11) is 0. The summed E-state index contributed by atoms with van der Waals surface area (Å²) < 4.78 is 7.42. The zero-order valence-electron chi connectivity index (χ0n) is 16.8. The first kappa shape index (κ1) is 20.0. The number of carbonyl (C=O) groups excluding carboxylic acids is 1. The van der Waals surface area contributed by atoms with Gasteiger partial charge in [0.15, 0.2) is 5.16 Å². The van der Waals surface area contributed by atoms with Gasteiger partial charge >= 0.3 is 0 Å². The number of rotatable bonds is 7. The first-order chi connectivity index (χ1) is 14.6. The van der Waals surface area contributed by atoms with Crippen LogP contribution in [0.1, 0.15) is 23.8 Å². The average molecular weight is 419 g/mol. The number of fused-ring (bicyclic) bond motifs is 1. The summed E-state index contributed by atoms with van der Waals surface area (Å²) in [6.45, 7) is 4.56. The molecule has 30 heavy (non-hydrogen) atoms. The number of hydrogen-bond acceptors (Lipinski definition) is 5. The molecule has 2 aromatic heterocycles. The van der Waals surface area contributed by atoms with Crippen LogP contribution in [-0.2, 0) is 11.3 Å². The standard InChI is InChI=1S/C23H22N4O2S/c1-16-9-11-18(12-10-16)14-27-20-7-4-3-6-19(20)24-23(27)30-15-22(28)26-25-17(2)21-8-5-13-29-21/h3-13H,14-15H2,1-2H3,(H,26,28)/b25-17+. The van der Waals surface area contributed by atoms with E-state index in [4.69, 9.17) is 9.40 Å². The minimum absolute atomic E-state index is 0.195. The van der Waals surface area contributed by atoms with Gasteiger partial charge in [0, 0.05) is 0 Å². The highest BCUT2D eigenvalue weighted by molar-refractivity contribution is 7.99. The lowest BCUT2D eigenvalue weighted by Crippen LogP contribution is -2.21. The highest BCUT2D eigenvalue weighted by Gasteiger charge is 2.13. The summed E-state index contributed by atoms with van der Waals surface area (Å²) in [5.74, 6) is 0.647. The Labute approximate surface area is 179 Å². The molecule has 0 radical (unpaired) electrons. The fraction of sp³-hybridized carbons (Fsp3) is 0.174. The molecule has 2 heterocycles. The van der Waals surface area contributed by atoms with Gasteiger partial charge in [0.2, 0.25) is 0 Å². The normalized spacial score (nSPS) is 11.7. The Morgan fingerprint density at radius 2 is 1.93 bits per heavy atom. The molecule has 6 nitrogen and oxygen atoms in total. The van der Waals surface area contributed by atoms with Crippen LogP contribution in [0.3, 0.4) is 0 Å². The lowest BCUT2D eigenvalue weighted by Gasteiger charge is -2.09. The number of amides is 1. The van der Waals surface area contributed by atoms with E-state index in [-0.39, 0.29) is 11.7 Å². The number of hydrazone groups is 1. The molecular weight excluding hydrogens is 396 g/mol. The molecule has 4 rings (SSSR count). The highest BCUT2D eigenvalue weighted by Crippen LogP contribution is 2.25. The Balaban J connectivity index is 1.48. The second-order valence-electron chi connectivity index (χ2n) is 6.95. The number of nitrogens with zero attached hydrogens (tertiary/aromatic N) is 3. The van der Waals surface area contributed by atoms with Gasteiger partial charge in [-0.05, 0) is 43.7 Å². The smallest absolute Gasteiger partial charge is 0.250 e. The molecule has 152 valence electrons. The lowest BCUT2D eigenvalue weighted by atomic mass is 10.1. The summed E-state index contributed by atoms with van der Waals surface area (Å²) >= 11 is 1.40. The molecule has 2 aromatic carbocycles. The number of aromatic nitrogens is 2. The summed E-state index contributed by atoms with van der Waals surface area (Å²) in [6, 6.07) is 20.1. The van der Waals surface area contributed by atoms with Gasteiger partial charge in [-0.1, -0.05) is 53.7 Å². The Bertz CT molecular complexity index is 1180. The third kappa shape index (κ3) is 4.63. The number of imidazole rings is 1. The summed E-state index contributed by atoms with van der Waals surface area (Å²) in [5, 5.41) is 4.91. The Kier molecular flexibility index (Phi) is 5.99. The van der Waals surface area contributed by atoms with E-state index in [1.807, 2.05) is 18.2 Å². The van der Waals surface area contributed by atoms with Crippen molar-refractivity contribution in [2.24, 2.45) is 5.10 Å². The van der Waals surface area contributed by atoms with Crippen molar-refractivity contribution in [1.82, 2.24) is 15.0 Å². The fourth-order valence-electron chi connectivity index (χ4n) is 3.04. The summed E-state index contributed by atoms with van der Waals surface area (Å²) in [5.41, 5.74) is 7.58. The van der Waals surface area contributed by atoms with Crippen LogP contribution in [-0.4, -0.2) is 26.9 Å². The molecule has 0 saturated heterocycles. The monoisotopic (exact) mass is 418 g/mol. The predicted octanol–water partition coefficient (Wildman–Crippen LogP) is 4.62. The van der Waals surface area contributed by atoms with Crippen LogP contribution in [0.15, 0.2) is 81.6 Å². The maximum atomic E-state index is 12.3. The number of benzene rings is 2. The van der Waals surface area contributed by atoms with Gasteiger partial charge in [-0.15, -0.1) is 0 Å². The first-order valence-electron chi connectivity index (χ1n) is 9.61. The summed E-state index contributed by atoms with van der Waals surface area (Å²) in [4.78, 5) is 17.0. The largest absolute Gasteiger partial charge is 0.463 e. The molecule has 0 aliphatic rings. The molecule has 1 amide bonds. The maximum Gasteiger partial charge on any atom is 0.250 e. The molecule has 0 fully saturated rings. The predicted molar refractivity (Wildman–Crippen MR) is 120 cm³/mol. The van der Waals surface area contributed by atoms with Crippen molar-refractivity contribution in [3.8, 4) is 0 Å². The van der Waals surface area contributed by atoms with E-state index >= 15 is 0 Å². The van der Waals surface area contributed by atoms with Crippen LogP contribution in [0, 0.1) is 6.92 Å². The quantitative estimate of drug-likeness (QED) is 0.270. The molecule has 7 heteroatoms. The van der Waals surface area contributed by atoms with Crippen molar-refractivity contribution >= 4 is 34.4 Å². The molecule has 0 aliphatic heterocycles. The SMILES string of the molecule is C/C(=N\NC(=O)CSc1nc2ccccc2n1Cc1ccc(C)cc1)c1ccco1. The molecule has 0 atom stereocenters. The zero-order chi connectivity index (χ0) is 20.9. The number of furan rings is 1. The zero-order valence-corrected chi connectivity index (χ0v) is 17.6. The Morgan fingerprint density at radius 1 is 1.13 bits per heavy atom. The molecule has 0 unspecified atom stereocenters. The minimum atomic E-state index is -0.195. The van der Waals surface area contributed by atoms with E-state index in [0.29, 0.717) is 18.0 Å². The second kappa shape index (κ2) is 9.00. The van der Waals surface area contributed by atoms with Crippen LogP contribution in [0.2, 0.25) is 0 Å². The van der Waals surface area contributed by atoms with E-state index in [1.54, 1.807) is 25.3 Å². The third-order valence-corrected chi connectivity index (χ3v) is 5.62. The number of para-hydroxylation sites is 2. The van der Waals surface area contributed by atoms with Crippen LogP contribution < -0.4 is 5.43 Å². The van der Waals surface area contributed by atoms with Crippen molar-refractivity contribution in [2.45, 2.75) is 25.5 Å². The molecule has 0 aliphatic carbocycles. The van der Waals surface area contributed by atoms with Crippen LogP contribution in [0.25, 0.3) is 11.0 Å². The van der Waals surface area contributed by atoms with Crippen LogP contribution in [0.4, 0.5) is 0 Å². The third-order valence-electron chi connectivity index (χ3n) is 4.64. The number of nitrogens with one attached hydrogen (secondary N) is 1. The maximum absolute atomic E-state index is 12.3. The average Bonchev–Trinajstić information content (AvgIpc) is 3.41. The minimum Gasteiger partial charge on any atom is -0.463 e. The lowest BCUT2D eigenvalue weighted by molar-refractivity contribution is -0.118. The van der Waals surface area contributed by atoms with Crippen molar-refractivity contribution < 1.29 is 9.21 Å². The van der Waals surface area contributed by atoms with Gasteiger partial charge < -0.3 is 8.98 Å². The van der Waals surface area contributed by atoms with Gasteiger partial charge in [0.25, 0.3) is 5.91 Å². The van der Waals surface area contributed by atoms with E-state index < -0.39 is 0 Å². The van der Waals surface area contributed by atoms with Gasteiger partial charge in [-0.2, -0.15) is 5.10 Å². The second-order valence-corrected chi connectivity index (χ2v) is 7.90. The van der Waals surface area contributed by atoms with Crippen LogP contribution >= 0.6 is 11.8 Å². The number of carbonyl (C=O) groups is 1. The number of thioether (sulfide) groups is 1. The van der Waals surface area contributed by atoms with Gasteiger partial charge in [-0.3, -0.25) is 4.79 Å². The van der Waals surface area contributed by atoms with E-state index in [0.717, 1.165) is 16.2 Å². The van der Waals surface area contributed by atoms with Gasteiger partial charge in [0.05, 0.1) is 29.6 Å². The number of hydrogen-bond donors (Lipinski definition) is 1. The molecule has 1 N–H and O–H groups in total. The Hall–Kier alpha value is -3.32. The molecule has 0 bridgehead atoms. The topological polar surface area (TPSA) is 72.4 Å². The molecular formula is C23H22N4O2S. The number of aryl methyl sites for hydroxylation is 1. The molecule has 0 spiro atoms. The van der Waals surface area contributed by atoms with E-state index in [9.17, 15) is 4.79 Å². The Morgan fingerprint density at radius 3 is 2.70 bits per heavy atom.